The van der Waals surface area contributed by atoms with E-state index in [-0.39, 0.29) is 0 Å². The Bertz CT molecular complexity index is 567. The number of hydrogen-bond acceptors (Lipinski definition) is 4. The van der Waals surface area contributed by atoms with E-state index in [9.17, 15) is 0 Å². The molecule has 0 spiro atoms. The van der Waals surface area contributed by atoms with Crippen LogP contribution in [0.3, 0.4) is 0 Å². The van der Waals surface area contributed by atoms with Crippen LogP contribution in [0.2, 0.25) is 0 Å². The number of rotatable bonds is 4. The third-order valence-electron chi connectivity index (χ3n) is 2.59. The Morgan fingerprint density at radius 1 is 1.16 bits per heavy atom. The summed E-state index contributed by atoms with van der Waals surface area (Å²) < 4.78 is 1.06. The lowest BCUT2D eigenvalue weighted by atomic mass is 10.2. The number of aryl methyl sites for hydroxylation is 2. The number of halogens is 1. The van der Waals surface area contributed by atoms with Gasteiger partial charge in [0, 0.05) is 20.8 Å². The van der Waals surface area contributed by atoms with E-state index in [0.29, 0.717) is 6.54 Å². The number of nitrogens with zero attached hydrogens (tertiary/aromatic N) is 2. The van der Waals surface area contributed by atoms with Crippen LogP contribution in [-0.4, -0.2) is 16.5 Å². The maximum Gasteiger partial charge on any atom is 0.192 e. The SMILES string of the molecule is Cc1cc(C)nc(Sc2ccc(CCN)cc2Br)n1. The summed E-state index contributed by atoms with van der Waals surface area (Å²) in [5.41, 5.74) is 8.78. The van der Waals surface area contributed by atoms with Crippen LogP contribution in [0.5, 0.6) is 0 Å². The zero-order chi connectivity index (χ0) is 13.8. The van der Waals surface area contributed by atoms with Crippen molar-refractivity contribution in [2.45, 2.75) is 30.3 Å². The second-order valence-electron chi connectivity index (χ2n) is 4.34. The van der Waals surface area contributed by atoms with Gasteiger partial charge in [0.1, 0.15) is 0 Å². The molecule has 0 aliphatic carbocycles. The Hall–Kier alpha value is -0.910. The molecule has 0 saturated heterocycles. The van der Waals surface area contributed by atoms with Crippen LogP contribution >= 0.6 is 27.7 Å². The Kier molecular flexibility index (Phi) is 4.96. The van der Waals surface area contributed by atoms with E-state index in [1.54, 1.807) is 11.8 Å². The lowest BCUT2D eigenvalue weighted by Gasteiger charge is -2.07. The maximum absolute atomic E-state index is 5.57. The van der Waals surface area contributed by atoms with Crippen molar-refractivity contribution in [3.8, 4) is 0 Å². The zero-order valence-electron chi connectivity index (χ0n) is 11.0. The van der Waals surface area contributed by atoms with Crippen LogP contribution in [0.4, 0.5) is 0 Å². The molecule has 0 unspecified atom stereocenters. The molecule has 0 radical (unpaired) electrons. The van der Waals surface area contributed by atoms with E-state index >= 15 is 0 Å². The minimum Gasteiger partial charge on any atom is -0.330 e. The van der Waals surface area contributed by atoms with Crippen molar-refractivity contribution >= 4 is 27.7 Å². The average Bonchev–Trinajstić information content (AvgIpc) is 2.32. The van der Waals surface area contributed by atoms with E-state index in [4.69, 9.17) is 5.73 Å². The van der Waals surface area contributed by atoms with E-state index in [0.717, 1.165) is 32.3 Å². The lowest BCUT2D eigenvalue weighted by Crippen LogP contribution is -2.02. The van der Waals surface area contributed by atoms with Gasteiger partial charge in [0.15, 0.2) is 5.16 Å². The topological polar surface area (TPSA) is 51.8 Å². The van der Waals surface area contributed by atoms with Gasteiger partial charge in [0.05, 0.1) is 0 Å². The highest BCUT2D eigenvalue weighted by Gasteiger charge is 2.07. The molecular weight excluding hydrogens is 322 g/mol. The minimum atomic E-state index is 0.666. The Balaban J connectivity index is 2.23. The molecule has 1 aromatic carbocycles. The molecule has 1 heterocycles. The highest BCUT2D eigenvalue weighted by Crippen LogP contribution is 2.32. The number of benzene rings is 1. The number of aromatic nitrogens is 2. The van der Waals surface area contributed by atoms with Gasteiger partial charge in [-0.1, -0.05) is 6.07 Å². The van der Waals surface area contributed by atoms with Crippen molar-refractivity contribution in [2.75, 3.05) is 6.54 Å². The fraction of sp³-hybridized carbons (Fsp3) is 0.286. The molecule has 2 rings (SSSR count). The second-order valence-corrected chi connectivity index (χ2v) is 6.20. The lowest BCUT2D eigenvalue weighted by molar-refractivity contribution is 0.901. The quantitative estimate of drug-likeness (QED) is 0.867. The molecule has 0 aliphatic rings. The number of nitrogens with two attached hydrogens (primary N) is 1. The van der Waals surface area contributed by atoms with Crippen molar-refractivity contribution in [3.63, 3.8) is 0 Å². The van der Waals surface area contributed by atoms with E-state index in [1.807, 2.05) is 19.9 Å². The average molecular weight is 338 g/mol. The van der Waals surface area contributed by atoms with E-state index < -0.39 is 0 Å². The second kappa shape index (κ2) is 6.50. The van der Waals surface area contributed by atoms with Gasteiger partial charge < -0.3 is 5.73 Å². The first-order valence-corrected chi connectivity index (χ1v) is 7.68. The monoisotopic (exact) mass is 337 g/mol. The predicted octanol–water partition coefficient (Wildman–Crippen LogP) is 3.51. The maximum atomic E-state index is 5.57. The molecule has 0 amide bonds. The van der Waals surface area contributed by atoms with E-state index in [2.05, 4.69) is 44.1 Å². The molecule has 0 bridgehead atoms. The highest BCUT2D eigenvalue weighted by atomic mass is 79.9. The molecule has 2 aromatic rings. The summed E-state index contributed by atoms with van der Waals surface area (Å²) in [7, 11) is 0. The molecule has 0 saturated carbocycles. The van der Waals surface area contributed by atoms with Gasteiger partial charge >= 0.3 is 0 Å². The van der Waals surface area contributed by atoms with E-state index in [1.165, 1.54) is 5.56 Å². The van der Waals surface area contributed by atoms with Crippen LogP contribution in [0.15, 0.2) is 38.8 Å². The van der Waals surface area contributed by atoms with Crippen LogP contribution in [-0.2, 0) is 6.42 Å². The Morgan fingerprint density at radius 2 is 1.84 bits per heavy atom. The minimum absolute atomic E-state index is 0.666. The molecule has 19 heavy (non-hydrogen) atoms. The van der Waals surface area contributed by atoms with Crippen molar-refractivity contribution in [3.05, 3.63) is 45.7 Å². The third kappa shape index (κ3) is 4.03. The third-order valence-corrected chi connectivity index (χ3v) is 4.45. The van der Waals surface area contributed by atoms with Crippen molar-refractivity contribution in [1.82, 2.24) is 9.97 Å². The van der Waals surface area contributed by atoms with Gasteiger partial charge in [-0.05, 0) is 78.3 Å². The van der Waals surface area contributed by atoms with Gasteiger partial charge in [0.25, 0.3) is 0 Å². The number of hydrogen-bond donors (Lipinski definition) is 1. The van der Waals surface area contributed by atoms with Crippen molar-refractivity contribution < 1.29 is 0 Å². The molecule has 0 atom stereocenters. The largest absolute Gasteiger partial charge is 0.330 e. The molecule has 100 valence electrons. The van der Waals surface area contributed by atoms with Gasteiger partial charge in [0.2, 0.25) is 0 Å². The zero-order valence-corrected chi connectivity index (χ0v) is 13.4. The van der Waals surface area contributed by atoms with Crippen LogP contribution < -0.4 is 5.73 Å². The fourth-order valence-electron chi connectivity index (χ4n) is 1.79. The molecular formula is C14H16BrN3S. The highest BCUT2D eigenvalue weighted by molar-refractivity contribution is 9.10. The Labute approximate surface area is 126 Å². The molecule has 0 aliphatic heterocycles. The first-order valence-electron chi connectivity index (χ1n) is 6.07. The molecule has 3 nitrogen and oxygen atoms in total. The molecule has 1 aromatic heterocycles. The van der Waals surface area contributed by atoms with Gasteiger partial charge in [-0.25, -0.2) is 9.97 Å². The first kappa shape index (κ1) is 14.5. The van der Waals surface area contributed by atoms with Crippen LogP contribution in [0.25, 0.3) is 0 Å². The smallest absolute Gasteiger partial charge is 0.192 e. The van der Waals surface area contributed by atoms with Gasteiger partial charge in [-0.2, -0.15) is 0 Å². The predicted molar refractivity (Wildman–Crippen MR) is 82.5 cm³/mol. The van der Waals surface area contributed by atoms with Crippen molar-refractivity contribution in [1.29, 1.82) is 0 Å². The van der Waals surface area contributed by atoms with Crippen LogP contribution in [0, 0.1) is 13.8 Å². The summed E-state index contributed by atoms with van der Waals surface area (Å²) in [6.45, 7) is 4.63. The van der Waals surface area contributed by atoms with Crippen molar-refractivity contribution in [2.24, 2.45) is 5.73 Å². The summed E-state index contributed by atoms with van der Waals surface area (Å²) in [6.07, 6.45) is 0.892. The van der Waals surface area contributed by atoms with Crippen LogP contribution in [0.1, 0.15) is 17.0 Å². The summed E-state index contributed by atoms with van der Waals surface area (Å²) in [5, 5.41) is 0.782. The summed E-state index contributed by atoms with van der Waals surface area (Å²) in [4.78, 5) is 10.00. The summed E-state index contributed by atoms with van der Waals surface area (Å²) in [6, 6.07) is 8.27. The normalized spacial score (nSPS) is 10.7. The van der Waals surface area contributed by atoms with Gasteiger partial charge in [-0.15, -0.1) is 0 Å². The Morgan fingerprint density at radius 3 is 2.42 bits per heavy atom. The first-order chi connectivity index (χ1) is 9.08. The molecule has 2 N–H and O–H groups in total. The molecule has 0 fully saturated rings. The van der Waals surface area contributed by atoms with Gasteiger partial charge in [-0.3, -0.25) is 0 Å². The fourth-order valence-corrected chi connectivity index (χ4v) is 3.32. The standard InChI is InChI=1S/C14H16BrN3S/c1-9-7-10(2)18-14(17-9)19-13-4-3-11(5-6-16)8-12(13)15/h3-4,7-8H,5-6,16H2,1-2H3. The molecule has 5 heteroatoms. The summed E-state index contributed by atoms with van der Waals surface area (Å²) >= 11 is 5.16. The summed E-state index contributed by atoms with van der Waals surface area (Å²) in [5.74, 6) is 0.